The molecule has 9 nitrogen and oxygen atoms in total. The summed E-state index contributed by atoms with van der Waals surface area (Å²) in [5, 5.41) is 11.9. The predicted octanol–water partition coefficient (Wildman–Crippen LogP) is 0.609. The van der Waals surface area contributed by atoms with Crippen molar-refractivity contribution in [3.8, 4) is 11.9 Å². The number of hydrogen-bond acceptors (Lipinski definition) is 8. The Morgan fingerprint density at radius 3 is 2.55 bits per heavy atom. The first-order valence-corrected chi connectivity index (χ1v) is 6.01. The molecule has 0 aliphatic heterocycles. The molecule has 0 aliphatic rings. The molecule has 0 amide bonds. The molecule has 0 saturated heterocycles. The molecule has 106 valence electrons. The largest absolute Gasteiger partial charge is 0.403 e. The van der Waals surface area contributed by atoms with E-state index in [0.717, 1.165) is 0 Å². The maximum atomic E-state index is 10.9. The molecule has 0 aliphatic carbocycles. The molecule has 0 unspecified atom stereocenters. The van der Waals surface area contributed by atoms with Gasteiger partial charge in [-0.3, -0.25) is 4.79 Å². The van der Waals surface area contributed by atoms with E-state index in [1.165, 1.54) is 12.1 Å². The summed E-state index contributed by atoms with van der Waals surface area (Å²) < 4.78 is 5.37. The van der Waals surface area contributed by atoms with E-state index in [4.69, 9.17) is 4.74 Å². The Balaban J connectivity index is 2.25. The first-order valence-electron chi connectivity index (χ1n) is 6.01. The highest BCUT2D eigenvalue weighted by Crippen LogP contribution is 2.16. The van der Waals surface area contributed by atoms with Gasteiger partial charge in [-0.05, 0) is 13.8 Å². The van der Waals surface area contributed by atoms with Crippen LogP contribution < -0.4 is 20.9 Å². The molecule has 9 heteroatoms. The molecule has 2 aromatic rings. The Labute approximate surface area is 114 Å². The van der Waals surface area contributed by atoms with E-state index in [9.17, 15) is 4.79 Å². The summed E-state index contributed by atoms with van der Waals surface area (Å²) >= 11 is 0. The highest BCUT2D eigenvalue weighted by Gasteiger charge is 2.09. The van der Waals surface area contributed by atoms with Gasteiger partial charge in [0, 0.05) is 25.2 Å². The molecule has 20 heavy (non-hydrogen) atoms. The van der Waals surface area contributed by atoms with Crippen LogP contribution in [-0.2, 0) is 0 Å². The molecule has 0 aromatic carbocycles. The van der Waals surface area contributed by atoms with Gasteiger partial charge in [-0.25, -0.2) is 5.10 Å². The molecule has 0 spiro atoms. The second-order valence-electron chi connectivity index (χ2n) is 4.18. The van der Waals surface area contributed by atoms with Gasteiger partial charge in [0.15, 0.2) is 0 Å². The number of aromatic nitrogens is 5. The highest BCUT2D eigenvalue weighted by atomic mass is 16.5. The van der Waals surface area contributed by atoms with Gasteiger partial charge in [0.2, 0.25) is 17.8 Å². The van der Waals surface area contributed by atoms with Crippen LogP contribution in [0.2, 0.25) is 0 Å². The summed E-state index contributed by atoms with van der Waals surface area (Å²) in [6.07, 6.45) is 0. The smallest absolute Gasteiger partial charge is 0.330 e. The normalized spacial score (nSPS) is 10.4. The molecule has 3 N–H and O–H groups in total. The number of ether oxygens (including phenoxy) is 1. The molecule has 0 bridgehead atoms. The minimum atomic E-state index is -0.314. The van der Waals surface area contributed by atoms with Crippen LogP contribution in [0, 0.1) is 0 Å². The minimum absolute atomic E-state index is 0.0760. The Kier molecular flexibility index (Phi) is 4.08. The van der Waals surface area contributed by atoms with Crippen LogP contribution in [0.3, 0.4) is 0 Å². The summed E-state index contributed by atoms with van der Waals surface area (Å²) in [6, 6.07) is 2.97. The SMILES string of the molecule is CNc1nc(NC(C)C)nc(Oc2ccc(=O)[nH]n2)n1. The summed E-state index contributed by atoms with van der Waals surface area (Å²) in [5.74, 6) is 0.940. The van der Waals surface area contributed by atoms with Crippen molar-refractivity contribution in [2.75, 3.05) is 17.7 Å². The van der Waals surface area contributed by atoms with Crippen molar-refractivity contribution in [3.63, 3.8) is 0 Å². The Morgan fingerprint density at radius 1 is 1.20 bits per heavy atom. The molecule has 0 radical (unpaired) electrons. The third-order valence-electron chi connectivity index (χ3n) is 2.11. The fourth-order valence-corrected chi connectivity index (χ4v) is 1.32. The molecular formula is C11H15N7O2. The van der Waals surface area contributed by atoms with Gasteiger partial charge in [0.25, 0.3) is 5.56 Å². The lowest BCUT2D eigenvalue weighted by Gasteiger charge is -2.10. The van der Waals surface area contributed by atoms with E-state index in [2.05, 4.69) is 35.8 Å². The van der Waals surface area contributed by atoms with Gasteiger partial charge < -0.3 is 15.4 Å². The molecule has 0 atom stereocenters. The van der Waals surface area contributed by atoms with Crippen LogP contribution >= 0.6 is 0 Å². The maximum Gasteiger partial charge on any atom is 0.330 e. The molecule has 2 heterocycles. The zero-order valence-corrected chi connectivity index (χ0v) is 11.3. The monoisotopic (exact) mass is 277 g/mol. The van der Waals surface area contributed by atoms with Gasteiger partial charge in [-0.2, -0.15) is 15.0 Å². The number of nitrogens with zero attached hydrogens (tertiary/aromatic N) is 4. The second-order valence-corrected chi connectivity index (χ2v) is 4.18. The summed E-state index contributed by atoms with van der Waals surface area (Å²) in [4.78, 5) is 23.2. The van der Waals surface area contributed by atoms with Crippen molar-refractivity contribution >= 4 is 11.9 Å². The molecular weight excluding hydrogens is 262 g/mol. The van der Waals surface area contributed by atoms with Crippen LogP contribution in [0.4, 0.5) is 11.9 Å². The molecule has 0 fully saturated rings. The fraction of sp³-hybridized carbons (Fsp3) is 0.364. The van der Waals surface area contributed by atoms with E-state index in [0.29, 0.717) is 11.9 Å². The van der Waals surface area contributed by atoms with Crippen molar-refractivity contribution in [2.24, 2.45) is 0 Å². The third kappa shape index (κ3) is 3.64. The zero-order chi connectivity index (χ0) is 14.5. The molecule has 2 rings (SSSR count). The van der Waals surface area contributed by atoms with E-state index in [-0.39, 0.29) is 23.5 Å². The van der Waals surface area contributed by atoms with Crippen LogP contribution in [-0.4, -0.2) is 38.2 Å². The minimum Gasteiger partial charge on any atom is -0.403 e. The first-order chi connectivity index (χ1) is 9.56. The van der Waals surface area contributed by atoms with Crippen molar-refractivity contribution in [3.05, 3.63) is 22.5 Å². The first kappa shape index (κ1) is 13.7. The lowest BCUT2D eigenvalue weighted by molar-refractivity contribution is 0.417. The molecule has 2 aromatic heterocycles. The average Bonchev–Trinajstić information content (AvgIpc) is 2.40. The lowest BCUT2D eigenvalue weighted by atomic mass is 10.4. The van der Waals surface area contributed by atoms with E-state index in [1.54, 1.807) is 7.05 Å². The number of nitrogens with one attached hydrogen (secondary N) is 3. The lowest BCUT2D eigenvalue weighted by Crippen LogP contribution is -2.14. The van der Waals surface area contributed by atoms with E-state index in [1.807, 2.05) is 13.8 Å². The number of anilines is 2. The van der Waals surface area contributed by atoms with Crippen LogP contribution in [0.15, 0.2) is 16.9 Å². The van der Waals surface area contributed by atoms with E-state index >= 15 is 0 Å². The zero-order valence-electron chi connectivity index (χ0n) is 11.3. The van der Waals surface area contributed by atoms with Gasteiger partial charge in [0.1, 0.15) is 0 Å². The van der Waals surface area contributed by atoms with Gasteiger partial charge in [0.05, 0.1) is 0 Å². The van der Waals surface area contributed by atoms with Crippen molar-refractivity contribution in [1.82, 2.24) is 25.1 Å². The standard InChI is InChI=1S/C11H15N7O2/c1-6(2)13-10-14-9(12-3)15-11(16-10)20-8-5-4-7(19)17-18-8/h4-6H,1-3H3,(H,17,19)(H2,12,13,14,15,16). The number of H-pyrrole nitrogens is 1. The van der Waals surface area contributed by atoms with Gasteiger partial charge >= 0.3 is 6.01 Å². The van der Waals surface area contributed by atoms with E-state index < -0.39 is 0 Å². The second kappa shape index (κ2) is 5.95. The van der Waals surface area contributed by atoms with Crippen molar-refractivity contribution in [2.45, 2.75) is 19.9 Å². The Morgan fingerprint density at radius 2 is 1.95 bits per heavy atom. The highest BCUT2D eigenvalue weighted by molar-refractivity contribution is 5.36. The van der Waals surface area contributed by atoms with Crippen LogP contribution in [0.1, 0.15) is 13.8 Å². The number of rotatable bonds is 5. The van der Waals surface area contributed by atoms with Crippen LogP contribution in [0.5, 0.6) is 11.9 Å². The fourth-order valence-electron chi connectivity index (χ4n) is 1.32. The molecule has 0 saturated carbocycles. The Hall–Kier alpha value is -2.71. The predicted molar refractivity (Wildman–Crippen MR) is 73.1 cm³/mol. The number of aromatic amines is 1. The average molecular weight is 277 g/mol. The third-order valence-corrected chi connectivity index (χ3v) is 2.11. The number of hydrogen-bond donors (Lipinski definition) is 3. The van der Waals surface area contributed by atoms with Crippen LogP contribution in [0.25, 0.3) is 0 Å². The van der Waals surface area contributed by atoms with Gasteiger partial charge in [-0.1, -0.05) is 0 Å². The summed E-state index contributed by atoms with van der Waals surface area (Å²) in [5.41, 5.74) is -0.314. The quantitative estimate of drug-likeness (QED) is 0.727. The topological polar surface area (TPSA) is 118 Å². The summed E-state index contributed by atoms with van der Waals surface area (Å²) in [7, 11) is 1.69. The Bertz CT molecular complexity index is 620. The summed E-state index contributed by atoms with van der Waals surface area (Å²) in [6.45, 7) is 3.93. The van der Waals surface area contributed by atoms with Crippen molar-refractivity contribution in [1.29, 1.82) is 0 Å². The van der Waals surface area contributed by atoms with Gasteiger partial charge in [-0.15, -0.1) is 5.10 Å². The maximum absolute atomic E-state index is 10.9. The van der Waals surface area contributed by atoms with Crippen molar-refractivity contribution < 1.29 is 4.74 Å².